The Morgan fingerprint density at radius 1 is 1.45 bits per heavy atom. The number of epoxide rings is 1. The molecular weight excluding hydrogens is 310 g/mol. The molecule has 2 N–H and O–H groups in total. The maximum Gasteiger partial charge on any atom is 0.339 e. The summed E-state index contributed by atoms with van der Waals surface area (Å²) < 4.78 is 11.0. The number of fused-ring (bicyclic) bond motifs is 2. The number of carbonyl (C=O) groups excluding carboxylic acids is 2. The minimum Gasteiger partial charge on any atom is -0.453 e. The fraction of sp³-hybridized carbons (Fsp3) is 0.867. The van der Waals surface area contributed by atoms with Crippen molar-refractivity contribution in [3.8, 4) is 0 Å². The number of halogens is 1. The topological polar surface area (TPSA) is 88.2 Å². The summed E-state index contributed by atoms with van der Waals surface area (Å²) in [5.41, 5.74) is -2.38. The highest BCUT2D eigenvalue weighted by Crippen LogP contribution is 2.55. The molecule has 7 atom stereocenters. The number of ether oxygens (including phenoxy) is 2. The van der Waals surface area contributed by atoms with E-state index in [0.29, 0.717) is 12.3 Å². The Hall–Kier alpha value is -0.850. The molecule has 4 fully saturated rings. The third-order valence-electron chi connectivity index (χ3n) is 6.03. The van der Waals surface area contributed by atoms with Gasteiger partial charge in [-0.15, -0.1) is 11.6 Å². The number of amides is 1. The Labute approximate surface area is 133 Å². The van der Waals surface area contributed by atoms with Crippen LogP contribution in [0.25, 0.3) is 0 Å². The lowest BCUT2D eigenvalue weighted by molar-refractivity contribution is -0.240. The first-order chi connectivity index (χ1) is 10.5. The Bertz CT molecular complexity index is 542. The lowest BCUT2D eigenvalue weighted by atomic mass is 9.64. The van der Waals surface area contributed by atoms with Gasteiger partial charge in [0.1, 0.15) is 0 Å². The molecule has 1 aliphatic carbocycles. The average Bonchev–Trinajstić information content (AvgIpc) is 3.25. The van der Waals surface area contributed by atoms with E-state index in [4.69, 9.17) is 21.1 Å². The second-order valence-corrected chi connectivity index (χ2v) is 7.38. The number of nitrogens with one attached hydrogen (secondary N) is 1. The van der Waals surface area contributed by atoms with Gasteiger partial charge >= 0.3 is 5.97 Å². The van der Waals surface area contributed by atoms with E-state index in [2.05, 4.69) is 5.32 Å². The smallest absolute Gasteiger partial charge is 0.339 e. The Kier molecular flexibility index (Phi) is 3.07. The number of hydrogen-bond acceptors (Lipinski definition) is 5. The lowest BCUT2D eigenvalue weighted by Crippen LogP contribution is -2.80. The van der Waals surface area contributed by atoms with Crippen LogP contribution in [0, 0.1) is 11.8 Å². The molecule has 6 nitrogen and oxygen atoms in total. The van der Waals surface area contributed by atoms with Crippen LogP contribution in [0.1, 0.15) is 32.6 Å². The van der Waals surface area contributed by atoms with E-state index in [1.54, 1.807) is 6.92 Å². The number of alkyl halides is 1. The molecule has 1 amide bonds. The molecule has 7 heteroatoms. The van der Waals surface area contributed by atoms with Gasteiger partial charge in [0.15, 0.2) is 5.60 Å². The minimum atomic E-state index is -1.35. The molecule has 4 unspecified atom stereocenters. The maximum absolute atomic E-state index is 12.3. The second-order valence-electron chi connectivity index (χ2n) is 7.00. The fourth-order valence-electron chi connectivity index (χ4n) is 4.71. The van der Waals surface area contributed by atoms with Gasteiger partial charge in [0.05, 0.1) is 24.2 Å². The summed E-state index contributed by atoms with van der Waals surface area (Å²) in [6, 6.07) is 0. The van der Waals surface area contributed by atoms with Crippen molar-refractivity contribution in [3.63, 3.8) is 0 Å². The van der Waals surface area contributed by atoms with Crippen molar-refractivity contribution in [1.29, 1.82) is 0 Å². The first-order valence-corrected chi connectivity index (χ1v) is 8.44. The van der Waals surface area contributed by atoms with Gasteiger partial charge in [-0.2, -0.15) is 0 Å². The van der Waals surface area contributed by atoms with Crippen LogP contribution < -0.4 is 5.32 Å². The van der Waals surface area contributed by atoms with Crippen LogP contribution >= 0.6 is 11.6 Å². The zero-order valence-corrected chi connectivity index (χ0v) is 13.1. The van der Waals surface area contributed by atoms with Crippen molar-refractivity contribution >= 4 is 23.5 Å². The predicted octanol–water partition coefficient (Wildman–Crippen LogP) is 0.344. The summed E-state index contributed by atoms with van der Waals surface area (Å²) in [6.07, 6.45) is 2.39. The summed E-state index contributed by atoms with van der Waals surface area (Å²) >= 11 is 5.78. The van der Waals surface area contributed by atoms with E-state index in [0.717, 1.165) is 19.3 Å². The molecule has 122 valence electrons. The summed E-state index contributed by atoms with van der Waals surface area (Å²) in [5.74, 6) is -1.17. The van der Waals surface area contributed by atoms with Gasteiger partial charge in [0, 0.05) is 11.8 Å². The summed E-state index contributed by atoms with van der Waals surface area (Å²) in [6.45, 7) is 1.72. The molecule has 4 rings (SSSR count). The van der Waals surface area contributed by atoms with Crippen LogP contribution in [-0.4, -0.2) is 52.3 Å². The number of hydrogen-bond donors (Lipinski definition) is 2. The SMILES string of the molecule is C[C@@]12OC(=O)[C@]1(C(O)C1CCCC3OC31)NC(=O)[C@@H]2CCCl. The monoisotopic (exact) mass is 329 g/mol. The summed E-state index contributed by atoms with van der Waals surface area (Å²) in [5, 5.41) is 13.7. The molecule has 3 aliphatic heterocycles. The molecule has 1 saturated carbocycles. The summed E-state index contributed by atoms with van der Waals surface area (Å²) in [7, 11) is 0. The van der Waals surface area contributed by atoms with E-state index < -0.39 is 29.1 Å². The van der Waals surface area contributed by atoms with Crippen molar-refractivity contribution in [2.75, 3.05) is 5.88 Å². The molecule has 0 radical (unpaired) electrons. The third kappa shape index (κ3) is 1.58. The molecular formula is C15H20ClNO5. The largest absolute Gasteiger partial charge is 0.453 e. The van der Waals surface area contributed by atoms with Gasteiger partial charge in [-0.25, -0.2) is 4.79 Å². The molecule has 3 heterocycles. The number of esters is 1. The molecule has 0 aromatic carbocycles. The Morgan fingerprint density at radius 3 is 2.91 bits per heavy atom. The zero-order chi connectivity index (χ0) is 15.7. The molecule has 0 spiro atoms. The second kappa shape index (κ2) is 4.58. The molecule has 4 aliphatic rings. The predicted molar refractivity (Wildman–Crippen MR) is 76.2 cm³/mol. The van der Waals surface area contributed by atoms with Crippen LogP contribution in [0.5, 0.6) is 0 Å². The standard InChI is InChI=1S/C15H20ClNO5/c1-14-8(5-6-16)12(19)17-15(14,13(20)22-14)11(18)7-3-2-4-9-10(7)21-9/h7-11,18H,2-6H2,1H3,(H,17,19)/t7?,8-,9?,10?,11?,14-,15-/m0/s1. The highest BCUT2D eigenvalue weighted by Gasteiger charge is 2.80. The first kappa shape index (κ1) is 14.7. The van der Waals surface area contributed by atoms with Crippen LogP contribution in [0.4, 0.5) is 0 Å². The number of aliphatic hydroxyl groups is 1. The van der Waals surface area contributed by atoms with E-state index in [1.165, 1.54) is 0 Å². The van der Waals surface area contributed by atoms with Crippen LogP contribution in [0.3, 0.4) is 0 Å². The van der Waals surface area contributed by atoms with E-state index >= 15 is 0 Å². The first-order valence-electron chi connectivity index (χ1n) is 7.90. The van der Waals surface area contributed by atoms with Crippen LogP contribution in [0.2, 0.25) is 0 Å². The molecule has 22 heavy (non-hydrogen) atoms. The summed E-state index contributed by atoms with van der Waals surface area (Å²) in [4.78, 5) is 24.6. The van der Waals surface area contributed by atoms with Gasteiger partial charge in [0.2, 0.25) is 11.4 Å². The maximum atomic E-state index is 12.3. The zero-order valence-electron chi connectivity index (χ0n) is 12.4. The van der Waals surface area contributed by atoms with Gasteiger partial charge in [-0.3, -0.25) is 4.79 Å². The Balaban J connectivity index is 1.66. The van der Waals surface area contributed by atoms with Crippen molar-refractivity contribution in [1.82, 2.24) is 5.32 Å². The quantitative estimate of drug-likeness (QED) is 0.441. The van der Waals surface area contributed by atoms with Crippen molar-refractivity contribution in [2.24, 2.45) is 11.8 Å². The minimum absolute atomic E-state index is 0.000228. The van der Waals surface area contributed by atoms with Crippen molar-refractivity contribution < 1.29 is 24.2 Å². The van der Waals surface area contributed by atoms with Gasteiger partial charge < -0.3 is 19.9 Å². The van der Waals surface area contributed by atoms with E-state index in [9.17, 15) is 14.7 Å². The van der Waals surface area contributed by atoms with Crippen LogP contribution in [0.15, 0.2) is 0 Å². The normalized spacial score (nSPS) is 50.3. The number of carbonyl (C=O) groups is 2. The number of rotatable bonds is 4. The fourth-order valence-corrected chi connectivity index (χ4v) is 4.93. The average molecular weight is 330 g/mol. The van der Waals surface area contributed by atoms with Gasteiger partial charge in [-0.05, 0) is 26.2 Å². The molecule has 0 aromatic rings. The van der Waals surface area contributed by atoms with E-state index in [1.807, 2.05) is 0 Å². The highest BCUT2D eigenvalue weighted by atomic mass is 35.5. The van der Waals surface area contributed by atoms with Gasteiger partial charge in [0.25, 0.3) is 0 Å². The van der Waals surface area contributed by atoms with E-state index in [-0.39, 0.29) is 24.0 Å². The van der Waals surface area contributed by atoms with Crippen molar-refractivity contribution in [3.05, 3.63) is 0 Å². The van der Waals surface area contributed by atoms with Crippen LogP contribution in [-0.2, 0) is 19.1 Å². The van der Waals surface area contributed by atoms with Gasteiger partial charge in [-0.1, -0.05) is 6.42 Å². The Morgan fingerprint density at radius 2 is 2.23 bits per heavy atom. The molecule has 0 aromatic heterocycles. The molecule has 3 saturated heterocycles. The third-order valence-corrected chi connectivity index (χ3v) is 6.25. The lowest BCUT2D eigenvalue weighted by Gasteiger charge is -2.54. The number of aliphatic hydroxyl groups excluding tert-OH is 1. The highest BCUT2D eigenvalue weighted by molar-refractivity contribution is 6.18. The van der Waals surface area contributed by atoms with Crippen molar-refractivity contribution in [2.45, 2.75) is 62.1 Å². The molecule has 0 bridgehead atoms.